The summed E-state index contributed by atoms with van der Waals surface area (Å²) in [6.07, 6.45) is 3.67. The molecule has 0 saturated heterocycles. The minimum absolute atomic E-state index is 0.0969. The molecule has 0 saturated carbocycles. The van der Waals surface area contributed by atoms with Crippen LogP contribution < -0.4 is 0 Å². The second kappa shape index (κ2) is 5.76. The molecule has 0 unspecified atom stereocenters. The third kappa shape index (κ3) is 2.60. The number of carbonyl (C=O) groups is 1. The Kier molecular flexibility index (Phi) is 3.82. The Morgan fingerprint density at radius 1 is 1.33 bits per heavy atom. The second-order valence-corrected chi connectivity index (χ2v) is 5.19. The molecule has 108 valence electrons. The van der Waals surface area contributed by atoms with Gasteiger partial charge in [-0.25, -0.2) is 0 Å². The number of benzene rings is 1. The highest BCUT2D eigenvalue weighted by Crippen LogP contribution is 2.29. The van der Waals surface area contributed by atoms with Gasteiger partial charge in [-0.05, 0) is 24.3 Å². The van der Waals surface area contributed by atoms with E-state index in [9.17, 15) is 9.90 Å². The molecule has 1 amide bonds. The summed E-state index contributed by atoms with van der Waals surface area (Å²) < 4.78 is 5.63. The molecule has 0 bridgehead atoms. The molecule has 1 N–H and O–H groups in total. The van der Waals surface area contributed by atoms with E-state index >= 15 is 0 Å². The van der Waals surface area contributed by atoms with Gasteiger partial charge in [-0.3, -0.25) is 4.79 Å². The largest absolute Gasteiger partial charge is 0.451 e. The molecule has 0 radical (unpaired) electrons. The van der Waals surface area contributed by atoms with E-state index in [2.05, 4.69) is 0 Å². The first-order valence-electron chi connectivity index (χ1n) is 6.64. The molecule has 2 aromatic rings. The predicted molar refractivity (Wildman–Crippen MR) is 80.2 cm³/mol. The van der Waals surface area contributed by atoms with Crippen molar-refractivity contribution in [1.29, 1.82) is 0 Å². The zero-order valence-electron chi connectivity index (χ0n) is 11.2. The number of halogens is 1. The van der Waals surface area contributed by atoms with Crippen molar-refractivity contribution in [1.82, 2.24) is 4.90 Å². The molecule has 1 atom stereocenters. The maximum Gasteiger partial charge on any atom is 0.290 e. The minimum Gasteiger partial charge on any atom is -0.451 e. The number of nitrogens with zero attached hydrogens (tertiary/aromatic N) is 1. The number of hydrogen-bond acceptors (Lipinski definition) is 3. The van der Waals surface area contributed by atoms with Crippen LogP contribution in [0.15, 0.2) is 53.0 Å². The lowest BCUT2D eigenvalue weighted by Crippen LogP contribution is -2.37. The molecule has 0 fully saturated rings. The van der Waals surface area contributed by atoms with Gasteiger partial charge in [0.25, 0.3) is 5.91 Å². The van der Waals surface area contributed by atoms with Crippen molar-refractivity contribution in [2.24, 2.45) is 0 Å². The Bertz CT molecular complexity index is 692. The number of hydrogen-bond donors (Lipinski definition) is 1. The van der Waals surface area contributed by atoms with Gasteiger partial charge in [0.15, 0.2) is 5.76 Å². The van der Waals surface area contributed by atoms with Crippen molar-refractivity contribution in [3.8, 4) is 11.3 Å². The topological polar surface area (TPSA) is 53.7 Å². The van der Waals surface area contributed by atoms with Crippen LogP contribution in [0.25, 0.3) is 11.3 Å². The SMILES string of the molecule is O=C(c1ccc(-c2ccccc2Cl)o1)N1CC=C[C@H]1CO. The molecule has 1 aromatic carbocycles. The van der Waals surface area contributed by atoms with Gasteiger partial charge in [-0.2, -0.15) is 0 Å². The number of aliphatic hydroxyl groups is 1. The highest BCUT2D eigenvalue weighted by molar-refractivity contribution is 6.33. The van der Waals surface area contributed by atoms with E-state index in [0.717, 1.165) is 5.56 Å². The monoisotopic (exact) mass is 303 g/mol. The molecular weight excluding hydrogens is 290 g/mol. The molecule has 1 aromatic heterocycles. The van der Waals surface area contributed by atoms with Crippen LogP contribution in [0.2, 0.25) is 5.02 Å². The highest BCUT2D eigenvalue weighted by Gasteiger charge is 2.27. The van der Waals surface area contributed by atoms with E-state index in [-0.39, 0.29) is 24.3 Å². The minimum atomic E-state index is -0.286. The number of carbonyl (C=O) groups excluding carboxylic acids is 1. The lowest BCUT2D eigenvalue weighted by atomic mass is 10.2. The van der Waals surface area contributed by atoms with Gasteiger partial charge in [-0.1, -0.05) is 35.9 Å². The first-order chi connectivity index (χ1) is 10.2. The molecule has 3 rings (SSSR count). The third-order valence-corrected chi connectivity index (χ3v) is 3.79. The van der Waals surface area contributed by atoms with Crippen molar-refractivity contribution in [2.45, 2.75) is 6.04 Å². The van der Waals surface area contributed by atoms with Crippen LogP contribution >= 0.6 is 11.6 Å². The van der Waals surface area contributed by atoms with Crippen molar-refractivity contribution in [3.63, 3.8) is 0 Å². The number of amides is 1. The van der Waals surface area contributed by atoms with Crippen LogP contribution in [0, 0.1) is 0 Å². The van der Waals surface area contributed by atoms with Crippen LogP contribution in [0.5, 0.6) is 0 Å². The molecular formula is C16H14ClNO3. The Hall–Kier alpha value is -2.04. The van der Waals surface area contributed by atoms with Gasteiger partial charge in [-0.15, -0.1) is 0 Å². The number of furan rings is 1. The van der Waals surface area contributed by atoms with Gasteiger partial charge < -0.3 is 14.4 Å². The number of aliphatic hydroxyl groups excluding tert-OH is 1. The maximum atomic E-state index is 12.4. The van der Waals surface area contributed by atoms with E-state index in [1.807, 2.05) is 30.4 Å². The summed E-state index contributed by atoms with van der Waals surface area (Å²) in [6.45, 7) is 0.381. The van der Waals surface area contributed by atoms with E-state index in [1.165, 1.54) is 0 Å². The Morgan fingerprint density at radius 2 is 2.14 bits per heavy atom. The van der Waals surface area contributed by atoms with Crippen molar-refractivity contribution in [2.75, 3.05) is 13.2 Å². The summed E-state index contributed by atoms with van der Waals surface area (Å²) in [5.41, 5.74) is 0.747. The fourth-order valence-electron chi connectivity index (χ4n) is 2.36. The molecule has 5 heteroatoms. The number of rotatable bonds is 3. The Balaban J connectivity index is 1.85. The molecule has 0 aliphatic carbocycles. The predicted octanol–water partition coefficient (Wildman–Crippen LogP) is 2.97. The van der Waals surface area contributed by atoms with E-state index in [4.69, 9.17) is 16.0 Å². The van der Waals surface area contributed by atoms with Crippen molar-refractivity contribution in [3.05, 3.63) is 59.3 Å². The molecule has 2 heterocycles. The van der Waals surface area contributed by atoms with Gasteiger partial charge in [0.1, 0.15) is 5.76 Å². The fraction of sp³-hybridized carbons (Fsp3) is 0.188. The molecule has 4 nitrogen and oxygen atoms in total. The fourth-order valence-corrected chi connectivity index (χ4v) is 2.59. The average Bonchev–Trinajstić information content (AvgIpc) is 3.16. The van der Waals surface area contributed by atoms with Gasteiger partial charge >= 0.3 is 0 Å². The first-order valence-corrected chi connectivity index (χ1v) is 7.01. The van der Waals surface area contributed by atoms with Crippen LogP contribution in [0.3, 0.4) is 0 Å². The Labute approximate surface area is 127 Å². The molecule has 0 spiro atoms. The lowest BCUT2D eigenvalue weighted by molar-refractivity contribution is 0.0669. The molecule has 1 aliphatic heterocycles. The summed E-state index contributed by atoms with van der Waals surface area (Å²) in [5, 5.41) is 9.83. The lowest BCUT2D eigenvalue weighted by Gasteiger charge is -2.21. The quantitative estimate of drug-likeness (QED) is 0.887. The van der Waals surface area contributed by atoms with Crippen molar-refractivity contribution >= 4 is 17.5 Å². The van der Waals surface area contributed by atoms with Crippen LogP contribution in [0.1, 0.15) is 10.6 Å². The van der Waals surface area contributed by atoms with E-state index in [1.54, 1.807) is 23.1 Å². The second-order valence-electron chi connectivity index (χ2n) is 4.78. The van der Waals surface area contributed by atoms with Crippen molar-refractivity contribution < 1.29 is 14.3 Å². The summed E-state index contributed by atoms with van der Waals surface area (Å²) >= 11 is 6.12. The maximum absolute atomic E-state index is 12.4. The first kappa shape index (κ1) is 13.9. The van der Waals surface area contributed by atoms with Gasteiger partial charge in [0, 0.05) is 12.1 Å². The van der Waals surface area contributed by atoms with Gasteiger partial charge in [0.2, 0.25) is 0 Å². The summed E-state index contributed by atoms with van der Waals surface area (Å²) in [7, 11) is 0. The van der Waals surface area contributed by atoms with Crippen LogP contribution in [0.4, 0.5) is 0 Å². The van der Waals surface area contributed by atoms with E-state index < -0.39 is 0 Å². The molecule has 1 aliphatic rings. The zero-order chi connectivity index (χ0) is 14.8. The van der Waals surface area contributed by atoms with Crippen LogP contribution in [-0.4, -0.2) is 35.1 Å². The van der Waals surface area contributed by atoms with Crippen LogP contribution in [-0.2, 0) is 0 Å². The standard InChI is InChI=1S/C16H14ClNO3/c17-13-6-2-1-5-12(13)14-7-8-15(21-14)16(20)18-9-3-4-11(18)10-19/h1-8,11,19H,9-10H2/t11-/m0/s1. The third-order valence-electron chi connectivity index (χ3n) is 3.46. The summed E-state index contributed by atoms with van der Waals surface area (Å²) in [6, 6.07) is 10.4. The van der Waals surface area contributed by atoms with Gasteiger partial charge in [0.05, 0.1) is 17.7 Å². The zero-order valence-corrected chi connectivity index (χ0v) is 12.0. The summed E-state index contributed by atoms with van der Waals surface area (Å²) in [5.74, 6) is 0.557. The Morgan fingerprint density at radius 3 is 2.90 bits per heavy atom. The smallest absolute Gasteiger partial charge is 0.290 e. The normalized spacial score (nSPS) is 17.4. The average molecular weight is 304 g/mol. The summed E-state index contributed by atoms with van der Waals surface area (Å²) in [4.78, 5) is 14.0. The highest BCUT2D eigenvalue weighted by atomic mass is 35.5. The van der Waals surface area contributed by atoms with E-state index in [0.29, 0.717) is 17.3 Å². The molecule has 21 heavy (non-hydrogen) atoms.